The number of aromatic hydroxyl groups is 1. The van der Waals surface area contributed by atoms with Gasteiger partial charge in [0.1, 0.15) is 11.6 Å². The number of anilines is 1. The number of hydrogen-bond donors (Lipinski definition) is 2. The molecule has 10 heteroatoms. The lowest BCUT2D eigenvalue weighted by molar-refractivity contribution is 0.0533. The Hall–Kier alpha value is -3.92. The largest absolute Gasteiger partial charge is 0.507 e. The predicted octanol–water partition coefficient (Wildman–Crippen LogP) is 2.93. The Morgan fingerprint density at radius 1 is 0.794 bits per heavy atom. The van der Waals surface area contributed by atoms with Crippen molar-refractivity contribution in [1.82, 2.24) is 9.80 Å². The molecule has 3 aromatic carbocycles. The first-order valence-electron chi connectivity index (χ1n) is 10.5. The van der Waals surface area contributed by atoms with Crippen molar-refractivity contribution in [3.05, 3.63) is 89.7 Å². The zero-order valence-electron chi connectivity index (χ0n) is 18.0. The molecule has 0 aromatic heterocycles. The van der Waals surface area contributed by atoms with Crippen molar-refractivity contribution < 1.29 is 27.5 Å². The minimum Gasteiger partial charge on any atom is -0.507 e. The fourth-order valence-corrected chi connectivity index (χ4v) is 4.71. The monoisotopic (exact) mass is 483 g/mol. The summed E-state index contributed by atoms with van der Waals surface area (Å²) in [7, 11) is -4.03. The minimum atomic E-state index is -4.03. The number of amides is 2. The second kappa shape index (κ2) is 9.52. The van der Waals surface area contributed by atoms with Gasteiger partial charge in [-0.25, -0.2) is 12.8 Å². The van der Waals surface area contributed by atoms with Crippen molar-refractivity contribution in [2.45, 2.75) is 4.90 Å². The highest BCUT2D eigenvalue weighted by Crippen LogP contribution is 2.21. The smallest absolute Gasteiger partial charge is 0.261 e. The molecule has 0 bridgehead atoms. The van der Waals surface area contributed by atoms with Crippen LogP contribution >= 0.6 is 0 Å². The van der Waals surface area contributed by atoms with Crippen LogP contribution in [0.2, 0.25) is 0 Å². The number of carbonyl (C=O) groups is 2. The van der Waals surface area contributed by atoms with Gasteiger partial charge < -0.3 is 14.9 Å². The Bertz CT molecular complexity index is 1320. The van der Waals surface area contributed by atoms with Crippen molar-refractivity contribution in [3.63, 3.8) is 0 Å². The first kappa shape index (κ1) is 23.2. The molecule has 2 N–H and O–H groups in total. The quantitative estimate of drug-likeness (QED) is 0.580. The van der Waals surface area contributed by atoms with Crippen molar-refractivity contribution in [2.24, 2.45) is 0 Å². The number of nitrogens with one attached hydrogen (secondary N) is 1. The van der Waals surface area contributed by atoms with E-state index in [1.807, 2.05) is 0 Å². The van der Waals surface area contributed by atoms with Crippen LogP contribution in [0.5, 0.6) is 5.75 Å². The van der Waals surface area contributed by atoms with Gasteiger partial charge in [0, 0.05) is 31.7 Å². The van der Waals surface area contributed by atoms with Crippen molar-refractivity contribution in [1.29, 1.82) is 0 Å². The molecule has 1 heterocycles. The molecular weight excluding hydrogens is 461 g/mol. The second-order valence-electron chi connectivity index (χ2n) is 7.71. The molecule has 0 atom stereocenters. The van der Waals surface area contributed by atoms with E-state index >= 15 is 0 Å². The van der Waals surface area contributed by atoms with E-state index in [1.54, 1.807) is 28.0 Å². The lowest BCUT2D eigenvalue weighted by atomic mass is 10.1. The maximum atomic E-state index is 13.8. The van der Waals surface area contributed by atoms with E-state index in [2.05, 4.69) is 4.72 Å². The van der Waals surface area contributed by atoms with Gasteiger partial charge in [-0.3, -0.25) is 14.3 Å². The molecule has 1 saturated heterocycles. The fraction of sp³-hybridized carbons (Fsp3) is 0.167. The highest BCUT2D eigenvalue weighted by atomic mass is 32.2. The molecule has 0 saturated carbocycles. The Morgan fingerprint density at radius 3 is 1.97 bits per heavy atom. The van der Waals surface area contributed by atoms with Crippen LogP contribution < -0.4 is 4.72 Å². The van der Waals surface area contributed by atoms with Crippen molar-refractivity contribution >= 4 is 27.5 Å². The summed E-state index contributed by atoms with van der Waals surface area (Å²) in [6.45, 7) is 1.20. The highest BCUT2D eigenvalue weighted by Gasteiger charge is 2.27. The van der Waals surface area contributed by atoms with Gasteiger partial charge in [0.15, 0.2) is 0 Å². The van der Waals surface area contributed by atoms with Crippen LogP contribution in [-0.4, -0.2) is 61.3 Å². The molecule has 8 nitrogen and oxygen atoms in total. The first-order chi connectivity index (χ1) is 16.3. The maximum Gasteiger partial charge on any atom is 0.261 e. The van der Waals surface area contributed by atoms with Crippen LogP contribution in [0.3, 0.4) is 0 Å². The SMILES string of the molecule is O=C(c1ccc(S(=O)(=O)Nc2ccccc2F)cc1)N1CCN(C(=O)c2ccccc2O)CC1. The number of carbonyl (C=O) groups excluding carboxylic acids is 2. The average Bonchev–Trinajstić information content (AvgIpc) is 2.85. The molecule has 1 fully saturated rings. The molecule has 34 heavy (non-hydrogen) atoms. The number of nitrogens with zero attached hydrogens (tertiary/aromatic N) is 2. The lowest BCUT2D eigenvalue weighted by Gasteiger charge is -2.35. The lowest BCUT2D eigenvalue weighted by Crippen LogP contribution is -2.50. The van der Waals surface area contributed by atoms with Crippen LogP contribution in [-0.2, 0) is 10.0 Å². The molecule has 1 aliphatic rings. The third-order valence-electron chi connectivity index (χ3n) is 5.52. The van der Waals surface area contributed by atoms with Gasteiger partial charge in [0.2, 0.25) is 0 Å². The van der Waals surface area contributed by atoms with Gasteiger partial charge in [0.25, 0.3) is 21.8 Å². The number of sulfonamides is 1. The predicted molar refractivity (Wildman–Crippen MR) is 124 cm³/mol. The third-order valence-corrected chi connectivity index (χ3v) is 6.90. The third kappa shape index (κ3) is 4.86. The maximum absolute atomic E-state index is 13.8. The standard InChI is InChI=1S/C24H22FN3O5S/c25-20-6-2-3-7-21(20)26-34(32,33)18-11-9-17(10-12-18)23(30)27-13-15-28(16-14-27)24(31)19-5-1-4-8-22(19)29/h1-12,26,29H,13-16H2. The molecule has 2 amide bonds. The van der Waals surface area contributed by atoms with E-state index in [9.17, 15) is 27.5 Å². The van der Waals surface area contributed by atoms with Gasteiger partial charge in [-0.1, -0.05) is 24.3 Å². The molecule has 0 aliphatic carbocycles. The normalized spacial score (nSPS) is 14.0. The summed E-state index contributed by atoms with van der Waals surface area (Å²) in [5.74, 6) is -1.38. The van der Waals surface area contributed by atoms with E-state index in [4.69, 9.17) is 0 Å². The number of hydrogen-bond acceptors (Lipinski definition) is 5. The van der Waals surface area contributed by atoms with Crippen LogP contribution in [0.4, 0.5) is 10.1 Å². The van der Waals surface area contributed by atoms with Gasteiger partial charge in [0.05, 0.1) is 16.1 Å². The molecule has 4 rings (SSSR count). The van der Waals surface area contributed by atoms with E-state index in [0.717, 1.165) is 6.07 Å². The zero-order valence-corrected chi connectivity index (χ0v) is 18.8. The number of piperazine rings is 1. The van der Waals surface area contributed by atoms with Gasteiger partial charge in [-0.15, -0.1) is 0 Å². The summed E-state index contributed by atoms with van der Waals surface area (Å²) in [6, 6.07) is 17.1. The number of rotatable bonds is 5. The number of benzene rings is 3. The number of halogens is 1. The van der Waals surface area contributed by atoms with Gasteiger partial charge in [-0.2, -0.15) is 0 Å². The summed E-state index contributed by atoms with van der Waals surface area (Å²) >= 11 is 0. The van der Waals surface area contributed by atoms with E-state index in [-0.39, 0.29) is 33.7 Å². The molecular formula is C24H22FN3O5S. The summed E-state index contributed by atoms with van der Waals surface area (Å²) in [6.07, 6.45) is 0. The Kier molecular flexibility index (Phi) is 6.51. The van der Waals surface area contributed by atoms with Crippen LogP contribution in [0.25, 0.3) is 0 Å². The zero-order chi connectivity index (χ0) is 24.3. The second-order valence-corrected chi connectivity index (χ2v) is 9.39. The molecule has 176 valence electrons. The minimum absolute atomic E-state index is 0.0921. The van der Waals surface area contributed by atoms with Crippen molar-refractivity contribution in [2.75, 3.05) is 30.9 Å². The molecule has 0 spiro atoms. The highest BCUT2D eigenvalue weighted by molar-refractivity contribution is 7.92. The number of phenolic OH excluding ortho intramolecular Hbond substituents is 1. The Labute approximate surface area is 196 Å². The summed E-state index contributed by atoms with van der Waals surface area (Å²) in [5, 5.41) is 9.90. The average molecular weight is 484 g/mol. The number of phenols is 1. The molecule has 0 radical (unpaired) electrons. The van der Waals surface area contributed by atoms with Gasteiger partial charge in [-0.05, 0) is 48.5 Å². The molecule has 1 aliphatic heterocycles. The fourth-order valence-electron chi connectivity index (χ4n) is 3.64. The summed E-state index contributed by atoms with van der Waals surface area (Å²) in [4.78, 5) is 28.5. The first-order valence-corrected chi connectivity index (χ1v) is 12.0. The summed E-state index contributed by atoms with van der Waals surface area (Å²) in [5.41, 5.74) is 0.340. The van der Waals surface area contributed by atoms with E-state index < -0.39 is 15.8 Å². The Morgan fingerprint density at radius 2 is 1.35 bits per heavy atom. The number of para-hydroxylation sites is 2. The Balaban J connectivity index is 1.39. The van der Waals surface area contributed by atoms with Crippen LogP contribution in [0.15, 0.2) is 77.7 Å². The van der Waals surface area contributed by atoms with Crippen molar-refractivity contribution in [3.8, 4) is 5.75 Å². The topological polar surface area (TPSA) is 107 Å². The summed E-state index contributed by atoms with van der Waals surface area (Å²) < 4.78 is 41.1. The molecule has 3 aromatic rings. The van der Waals surface area contributed by atoms with Crippen LogP contribution in [0, 0.1) is 5.82 Å². The van der Waals surface area contributed by atoms with Crippen LogP contribution in [0.1, 0.15) is 20.7 Å². The van der Waals surface area contributed by atoms with Gasteiger partial charge >= 0.3 is 0 Å². The molecule has 0 unspecified atom stereocenters. The van der Waals surface area contributed by atoms with E-state index in [1.165, 1.54) is 48.5 Å². The van der Waals surface area contributed by atoms with E-state index in [0.29, 0.717) is 31.7 Å².